The molecule has 20 heavy (non-hydrogen) atoms. The Kier molecular flexibility index (Phi) is 5.64. The van der Waals surface area contributed by atoms with Gasteiger partial charge in [-0.25, -0.2) is 13.1 Å². The Bertz CT molecular complexity index is 570. The van der Waals surface area contributed by atoms with Crippen molar-refractivity contribution in [3.63, 3.8) is 0 Å². The third kappa shape index (κ3) is 4.04. The summed E-state index contributed by atoms with van der Waals surface area (Å²) in [5, 5.41) is 0. The van der Waals surface area contributed by atoms with Crippen LogP contribution in [0.1, 0.15) is 19.8 Å². The molecule has 0 bridgehead atoms. The first-order chi connectivity index (χ1) is 9.42. The van der Waals surface area contributed by atoms with Crippen LogP contribution in [0.15, 0.2) is 32.0 Å². The second-order valence-corrected chi connectivity index (χ2v) is 8.36. The van der Waals surface area contributed by atoms with E-state index in [1.165, 1.54) is 0 Å². The number of sulfonamides is 1. The summed E-state index contributed by atoms with van der Waals surface area (Å²) in [6.45, 7) is 5.05. The molecule has 0 spiro atoms. The van der Waals surface area contributed by atoms with Gasteiger partial charge in [0.15, 0.2) is 0 Å². The van der Waals surface area contributed by atoms with Crippen molar-refractivity contribution in [1.29, 1.82) is 0 Å². The van der Waals surface area contributed by atoms with Gasteiger partial charge in [0.2, 0.25) is 10.0 Å². The van der Waals surface area contributed by atoms with Crippen molar-refractivity contribution in [3.8, 4) is 0 Å². The minimum absolute atomic E-state index is 0.0219. The van der Waals surface area contributed by atoms with Crippen molar-refractivity contribution < 1.29 is 8.42 Å². The van der Waals surface area contributed by atoms with E-state index < -0.39 is 10.0 Å². The van der Waals surface area contributed by atoms with Crippen LogP contribution in [0.25, 0.3) is 0 Å². The molecule has 0 aliphatic carbocycles. The zero-order valence-corrected chi connectivity index (χ0v) is 15.3. The fraction of sp³-hybridized carbons (Fsp3) is 0.538. The molecule has 0 aromatic heterocycles. The van der Waals surface area contributed by atoms with Gasteiger partial charge in [-0.2, -0.15) is 0 Å². The summed E-state index contributed by atoms with van der Waals surface area (Å²) in [4.78, 5) is 2.62. The highest BCUT2D eigenvalue weighted by Gasteiger charge is 2.25. The van der Waals surface area contributed by atoms with E-state index in [0.717, 1.165) is 36.9 Å². The summed E-state index contributed by atoms with van der Waals surface area (Å²) in [7, 11) is -3.48. The summed E-state index contributed by atoms with van der Waals surface area (Å²) in [5.41, 5.74) is 0. The Hall–Kier alpha value is 0.0500. The normalized spacial score (nSPS) is 18.4. The zero-order valence-electron chi connectivity index (χ0n) is 11.3. The minimum Gasteiger partial charge on any atom is -0.303 e. The summed E-state index contributed by atoms with van der Waals surface area (Å²) in [5.74, 6) is 0. The Morgan fingerprint density at radius 3 is 2.55 bits per heavy atom. The standard InChI is InChI=1S/C13H18Br2N2O2S/c1-2-17-7-5-11(6-8-17)16-20(18,19)13-9-10(14)3-4-12(13)15/h3-4,9,11,16H,2,5-8H2,1H3. The van der Waals surface area contributed by atoms with Gasteiger partial charge in [-0.1, -0.05) is 22.9 Å². The zero-order chi connectivity index (χ0) is 14.8. The highest BCUT2D eigenvalue weighted by Crippen LogP contribution is 2.26. The van der Waals surface area contributed by atoms with Crippen molar-refractivity contribution >= 4 is 41.9 Å². The van der Waals surface area contributed by atoms with Crippen LogP contribution >= 0.6 is 31.9 Å². The maximum Gasteiger partial charge on any atom is 0.241 e. The summed E-state index contributed by atoms with van der Waals surface area (Å²) in [6.07, 6.45) is 1.72. The lowest BCUT2D eigenvalue weighted by molar-refractivity contribution is 0.217. The van der Waals surface area contributed by atoms with E-state index in [1.807, 2.05) is 6.07 Å². The van der Waals surface area contributed by atoms with Crippen LogP contribution in [-0.2, 0) is 10.0 Å². The molecular formula is C13H18Br2N2O2S. The Morgan fingerprint density at radius 2 is 1.95 bits per heavy atom. The summed E-state index contributed by atoms with van der Waals surface area (Å²) < 4.78 is 29.1. The smallest absolute Gasteiger partial charge is 0.241 e. The van der Waals surface area contributed by atoms with Gasteiger partial charge in [-0.05, 0) is 66.6 Å². The van der Waals surface area contributed by atoms with Gasteiger partial charge in [0.25, 0.3) is 0 Å². The van der Waals surface area contributed by atoms with E-state index in [0.29, 0.717) is 4.47 Å². The molecule has 1 aromatic carbocycles. The predicted molar refractivity (Wildman–Crippen MR) is 87.3 cm³/mol. The lowest BCUT2D eigenvalue weighted by Gasteiger charge is -2.31. The molecule has 1 saturated heterocycles. The number of hydrogen-bond acceptors (Lipinski definition) is 3. The summed E-state index contributed by atoms with van der Waals surface area (Å²) >= 11 is 6.62. The predicted octanol–water partition coefficient (Wildman–Crippen LogP) is 2.97. The van der Waals surface area contributed by atoms with E-state index >= 15 is 0 Å². The van der Waals surface area contributed by atoms with Gasteiger partial charge < -0.3 is 4.90 Å². The van der Waals surface area contributed by atoms with Gasteiger partial charge in [-0.3, -0.25) is 0 Å². The lowest BCUT2D eigenvalue weighted by Crippen LogP contribution is -2.44. The van der Waals surface area contributed by atoms with Gasteiger partial charge in [0.05, 0.1) is 4.90 Å². The first-order valence-electron chi connectivity index (χ1n) is 6.62. The maximum atomic E-state index is 12.4. The fourth-order valence-corrected chi connectivity index (χ4v) is 5.14. The highest BCUT2D eigenvalue weighted by atomic mass is 79.9. The number of nitrogens with zero attached hydrogens (tertiary/aromatic N) is 1. The molecular weight excluding hydrogens is 408 g/mol. The molecule has 1 N–H and O–H groups in total. The van der Waals surface area contributed by atoms with Crippen molar-refractivity contribution in [2.45, 2.75) is 30.7 Å². The average molecular weight is 426 g/mol. The van der Waals surface area contributed by atoms with Crippen molar-refractivity contribution in [2.24, 2.45) is 0 Å². The van der Waals surface area contributed by atoms with Crippen molar-refractivity contribution in [3.05, 3.63) is 27.1 Å². The second kappa shape index (κ2) is 6.87. The third-order valence-electron chi connectivity index (χ3n) is 3.54. The Balaban J connectivity index is 2.10. The van der Waals surface area contributed by atoms with E-state index in [2.05, 4.69) is 48.4 Å². The number of rotatable bonds is 4. The van der Waals surface area contributed by atoms with Crippen molar-refractivity contribution in [2.75, 3.05) is 19.6 Å². The number of halogens is 2. The molecule has 0 saturated carbocycles. The molecule has 1 fully saturated rings. The van der Waals surface area contributed by atoms with E-state index in [1.54, 1.807) is 12.1 Å². The van der Waals surface area contributed by atoms with Crippen LogP contribution < -0.4 is 4.72 Å². The molecule has 0 atom stereocenters. The molecule has 7 heteroatoms. The third-order valence-corrected chi connectivity index (χ3v) is 6.55. The molecule has 0 amide bonds. The number of piperidine rings is 1. The molecule has 1 aliphatic rings. The Morgan fingerprint density at radius 1 is 1.30 bits per heavy atom. The number of likely N-dealkylation sites (tertiary alicyclic amines) is 1. The quantitative estimate of drug-likeness (QED) is 0.806. The first-order valence-corrected chi connectivity index (χ1v) is 9.69. The number of nitrogens with one attached hydrogen (secondary N) is 1. The summed E-state index contributed by atoms with van der Waals surface area (Å²) in [6, 6.07) is 5.18. The van der Waals surface area contributed by atoms with Gasteiger partial charge in [-0.15, -0.1) is 0 Å². The Labute approximate surface area is 137 Å². The topological polar surface area (TPSA) is 49.4 Å². The monoisotopic (exact) mass is 424 g/mol. The average Bonchev–Trinajstić information content (AvgIpc) is 2.42. The van der Waals surface area contributed by atoms with Gasteiger partial charge in [0.1, 0.15) is 0 Å². The SMILES string of the molecule is CCN1CCC(NS(=O)(=O)c2cc(Br)ccc2Br)CC1. The second-order valence-electron chi connectivity index (χ2n) is 4.90. The minimum atomic E-state index is -3.48. The van der Waals surface area contributed by atoms with Crippen LogP contribution in [0.5, 0.6) is 0 Å². The fourth-order valence-electron chi connectivity index (χ4n) is 2.33. The van der Waals surface area contributed by atoms with Crippen LogP contribution in [0.2, 0.25) is 0 Å². The van der Waals surface area contributed by atoms with Crippen LogP contribution in [0.4, 0.5) is 0 Å². The van der Waals surface area contributed by atoms with Crippen LogP contribution in [0, 0.1) is 0 Å². The lowest BCUT2D eigenvalue weighted by atomic mass is 10.1. The van der Waals surface area contributed by atoms with E-state index in [-0.39, 0.29) is 10.9 Å². The van der Waals surface area contributed by atoms with Crippen molar-refractivity contribution in [1.82, 2.24) is 9.62 Å². The molecule has 0 unspecified atom stereocenters. The first kappa shape index (κ1) is 16.4. The highest BCUT2D eigenvalue weighted by molar-refractivity contribution is 9.11. The van der Waals surface area contributed by atoms with Crippen LogP contribution in [-0.4, -0.2) is 39.0 Å². The molecule has 112 valence electrons. The molecule has 1 aromatic rings. The van der Waals surface area contributed by atoms with Gasteiger partial charge >= 0.3 is 0 Å². The molecule has 2 rings (SSSR count). The number of hydrogen-bond donors (Lipinski definition) is 1. The van der Waals surface area contributed by atoms with E-state index in [4.69, 9.17) is 0 Å². The molecule has 1 aliphatic heterocycles. The largest absolute Gasteiger partial charge is 0.303 e. The van der Waals surface area contributed by atoms with E-state index in [9.17, 15) is 8.42 Å². The van der Waals surface area contributed by atoms with Gasteiger partial charge in [0, 0.05) is 15.0 Å². The molecule has 0 radical (unpaired) electrons. The molecule has 4 nitrogen and oxygen atoms in total. The maximum absolute atomic E-state index is 12.4. The molecule has 1 heterocycles. The van der Waals surface area contributed by atoms with Crippen LogP contribution in [0.3, 0.4) is 0 Å². The number of benzene rings is 1.